The Bertz CT molecular complexity index is 718. The molecule has 0 aromatic carbocycles. The Balaban J connectivity index is 0.00000450. The third kappa shape index (κ3) is 7.96. The highest BCUT2D eigenvalue weighted by Gasteiger charge is 2.26. The Morgan fingerprint density at radius 3 is 2.37 bits per heavy atom. The molecule has 1 fully saturated rings. The van der Waals surface area contributed by atoms with E-state index in [0.29, 0.717) is 12.5 Å². The van der Waals surface area contributed by atoms with Crippen LogP contribution in [0.15, 0.2) is 4.99 Å². The highest BCUT2D eigenvalue weighted by molar-refractivity contribution is 14.0. The van der Waals surface area contributed by atoms with Gasteiger partial charge in [-0.25, -0.2) is 9.79 Å². The fourth-order valence-electron chi connectivity index (χ4n) is 3.43. The van der Waals surface area contributed by atoms with Crippen molar-refractivity contribution >= 4 is 36.0 Å². The van der Waals surface area contributed by atoms with E-state index >= 15 is 0 Å². The molecule has 172 valence electrons. The number of aryl methyl sites for hydroxylation is 2. The van der Waals surface area contributed by atoms with E-state index in [2.05, 4.69) is 29.6 Å². The summed E-state index contributed by atoms with van der Waals surface area (Å²) in [6.07, 6.45) is 1.72. The van der Waals surface area contributed by atoms with Crippen molar-refractivity contribution in [3.05, 3.63) is 17.0 Å². The van der Waals surface area contributed by atoms with E-state index in [-0.39, 0.29) is 30.1 Å². The molecule has 1 aliphatic heterocycles. The average molecular weight is 534 g/mol. The first-order chi connectivity index (χ1) is 13.6. The molecule has 0 radical (unpaired) electrons. The Kier molecular flexibility index (Phi) is 10.4. The summed E-state index contributed by atoms with van der Waals surface area (Å²) in [6.45, 7) is 15.6. The molecular formula is C21H39IN6O2. The highest BCUT2D eigenvalue weighted by Crippen LogP contribution is 2.19. The van der Waals surface area contributed by atoms with Gasteiger partial charge >= 0.3 is 6.09 Å². The van der Waals surface area contributed by atoms with E-state index in [1.165, 1.54) is 5.56 Å². The second-order valence-electron chi connectivity index (χ2n) is 8.76. The SMILES string of the molecule is CCNC(=NCc1c(C)nn(C)c1C)NCC1CCN(C(=O)OC(C)(C)C)CC1.I. The molecule has 0 unspecified atom stereocenters. The van der Waals surface area contributed by atoms with Gasteiger partial charge in [0.15, 0.2) is 5.96 Å². The molecule has 2 heterocycles. The van der Waals surface area contributed by atoms with Gasteiger partial charge < -0.3 is 20.3 Å². The van der Waals surface area contributed by atoms with Gasteiger partial charge in [0, 0.05) is 44.5 Å². The number of carbonyl (C=O) groups is 1. The number of hydrogen-bond donors (Lipinski definition) is 2. The number of halogens is 1. The normalized spacial score (nSPS) is 15.6. The summed E-state index contributed by atoms with van der Waals surface area (Å²) in [4.78, 5) is 18.8. The summed E-state index contributed by atoms with van der Waals surface area (Å²) in [7, 11) is 1.96. The lowest BCUT2D eigenvalue weighted by Crippen LogP contribution is -2.45. The number of nitrogens with zero attached hydrogens (tertiary/aromatic N) is 4. The summed E-state index contributed by atoms with van der Waals surface area (Å²) in [5.74, 6) is 1.34. The topological polar surface area (TPSA) is 83.8 Å². The van der Waals surface area contributed by atoms with Crippen molar-refractivity contribution in [3.8, 4) is 0 Å². The minimum absolute atomic E-state index is 0. The van der Waals surface area contributed by atoms with E-state index in [1.54, 1.807) is 0 Å². The largest absolute Gasteiger partial charge is 0.444 e. The molecule has 9 heteroatoms. The molecular weight excluding hydrogens is 495 g/mol. The molecule has 1 aliphatic rings. The van der Waals surface area contributed by atoms with Crippen molar-refractivity contribution in [1.82, 2.24) is 25.3 Å². The van der Waals surface area contributed by atoms with Crippen LogP contribution in [0.2, 0.25) is 0 Å². The van der Waals surface area contributed by atoms with Gasteiger partial charge in [-0.1, -0.05) is 0 Å². The second-order valence-corrected chi connectivity index (χ2v) is 8.76. The minimum Gasteiger partial charge on any atom is -0.444 e. The number of aromatic nitrogens is 2. The number of nitrogens with one attached hydrogen (secondary N) is 2. The van der Waals surface area contributed by atoms with Crippen molar-refractivity contribution < 1.29 is 9.53 Å². The summed E-state index contributed by atoms with van der Waals surface area (Å²) in [5, 5.41) is 11.2. The van der Waals surface area contributed by atoms with Gasteiger partial charge in [-0.05, 0) is 60.3 Å². The fourth-order valence-corrected chi connectivity index (χ4v) is 3.43. The monoisotopic (exact) mass is 534 g/mol. The molecule has 1 aromatic rings. The minimum atomic E-state index is -0.447. The second kappa shape index (κ2) is 11.8. The van der Waals surface area contributed by atoms with Crippen molar-refractivity contribution in [1.29, 1.82) is 0 Å². The average Bonchev–Trinajstić information content (AvgIpc) is 2.88. The van der Waals surface area contributed by atoms with E-state index in [0.717, 1.165) is 56.4 Å². The third-order valence-electron chi connectivity index (χ3n) is 5.22. The van der Waals surface area contributed by atoms with Crippen LogP contribution in [0, 0.1) is 19.8 Å². The highest BCUT2D eigenvalue weighted by atomic mass is 127. The van der Waals surface area contributed by atoms with E-state index in [9.17, 15) is 4.79 Å². The van der Waals surface area contributed by atoms with Crippen molar-refractivity contribution in [3.63, 3.8) is 0 Å². The number of aliphatic imine (C=N–C) groups is 1. The summed E-state index contributed by atoms with van der Waals surface area (Å²) >= 11 is 0. The summed E-state index contributed by atoms with van der Waals surface area (Å²) < 4.78 is 7.37. The number of likely N-dealkylation sites (tertiary alicyclic amines) is 1. The van der Waals surface area contributed by atoms with Crippen LogP contribution < -0.4 is 10.6 Å². The van der Waals surface area contributed by atoms with Crippen LogP contribution in [-0.4, -0.2) is 58.5 Å². The van der Waals surface area contributed by atoms with Gasteiger partial charge in [-0.15, -0.1) is 24.0 Å². The molecule has 1 saturated heterocycles. The Hall–Kier alpha value is -1.52. The first-order valence-electron chi connectivity index (χ1n) is 10.6. The molecule has 2 N–H and O–H groups in total. The molecule has 0 aliphatic carbocycles. The molecule has 30 heavy (non-hydrogen) atoms. The summed E-state index contributed by atoms with van der Waals surface area (Å²) in [6, 6.07) is 0. The molecule has 2 rings (SSSR count). The maximum atomic E-state index is 12.2. The van der Waals surface area contributed by atoms with Crippen LogP contribution >= 0.6 is 24.0 Å². The third-order valence-corrected chi connectivity index (χ3v) is 5.22. The Morgan fingerprint density at radius 2 is 1.87 bits per heavy atom. The van der Waals surface area contributed by atoms with Crippen LogP contribution in [0.25, 0.3) is 0 Å². The van der Waals surface area contributed by atoms with E-state index in [4.69, 9.17) is 9.73 Å². The zero-order valence-electron chi connectivity index (χ0n) is 19.5. The standard InChI is InChI=1S/C21H38N6O2.HI/c1-8-22-19(24-14-18-15(2)25-26(7)16(18)3)23-13-17-9-11-27(12-10-17)20(28)29-21(4,5)6;/h17H,8-14H2,1-7H3,(H2,22,23,24);1H. The van der Waals surface area contributed by atoms with Crippen molar-refractivity contribution in [2.24, 2.45) is 18.0 Å². The number of carbonyl (C=O) groups excluding carboxylic acids is 1. The molecule has 8 nitrogen and oxygen atoms in total. The van der Waals surface area contributed by atoms with Gasteiger partial charge in [0.1, 0.15) is 5.60 Å². The molecule has 1 amide bonds. The Labute approximate surface area is 198 Å². The smallest absolute Gasteiger partial charge is 0.410 e. The molecule has 0 spiro atoms. The molecule has 1 aromatic heterocycles. The maximum Gasteiger partial charge on any atom is 0.410 e. The van der Waals surface area contributed by atoms with Crippen molar-refractivity contribution in [2.45, 2.75) is 66.5 Å². The lowest BCUT2D eigenvalue weighted by atomic mass is 9.97. The lowest BCUT2D eigenvalue weighted by Gasteiger charge is -2.33. The first-order valence-corrected chi connectivity index (χ1v) is 10.6. The quantitative estimate of drug-likeness (QED) is 0.344. The van der Waals surface area contributed by atoms with Crippen LogP contribution in [-0.2, 0) is 18.3 Å². The zero-order valence-corrected chi connectivity index (χ0v) is 21.9. The molecule has 0 atom stereocenters. The summed E-state index contributed by atoms with van der Waals surface area (Å²) in [5.41, 5.74) is 2.91. The number of ether oxygens (including phenoxy) is 1. The van der Waals surface area contributed by atoms with Crippen LogP contribution in [0.1, 0.15) is 57.5 Å². The van der Waals surface area contributed by atoms with E-state index < -0.39 is 5.60 Å². The van der Waals surface area contributed by atoms with Crippen molar-refractivity contribution in [2.75, 3.05) is 26.2 Å². The van der Waals surface area contributed by atoms with Crippen LogP contribution in [0.3, 0.4) is 0 Å². The molecule has 0 bridgehead atoms. The Morgan fingerprint density at radius 1 is 1.23 bits per heavy atom. The van der Waals surface area contributed by atoms with Gasteiger partial charge in [0.25, 0.3) is 0 Å². The van der Waals surface area contributed by atoms with Gasteiger partial charge in [-0.2, -0.15) is 5.10 Å². The fraction of sp³-hybridized carbons (Fsp3) is 0.762. The van der Waals surface area contributed by atoms with E-state index in [1.807, 2.05) is 44.3 Å². The number of hydrogen-bond acceptors (Lipinski definition) is 4. The van der Waals surface area contributed by atoms with Gasteiger partial charge in [-0.3, -0.25) is 4.68 Å². The predicted octanol–water partition coefficient (Wildman–Crippen LogP) is 3.36. The zero-order chi connectivity index (χ0) is 21.6. The number of piperidine rings is 1. The predicted molar refractivity (Wildman–Crippen MR) is 131 cm³/mol. The van der Waals surface area contributed by atoms with Crippen LogP contribution in [0.5, 0.6) is 0 Å². The number of amides is 1. The number of guanidine groups is 1. The van der Waals surface area contributed by atoms with Crippen LogP contribution in [0.4, 0.5) is 4.79 Å². The lowest BCUT2D eigenvalue weighted by molar-refractivity contribution is 0.0185. The first kappa shape index (κ1) is 26.5. The van der Waals surface area contributed by atoms with Gasteiger partial charge in [0.2, 0.25) is 0 Å². The van der Waals surface area contributed by atoms with Gasteiger partial charge in [0.05, 0.1) is 12.2 Å². The number of rotatable bonds is 5. The maximum absolute atomic E-state index is 12.2. The molecule has 0 saturated carbocycles.